The van der Waals surface area contributed by atoms with Crippen molar-refractivity contribution in [3.63, 3.8) is 0 Å². The Morgan fingerprint density at radius 1 is 1.03 bits per heavy atom. The highest BCUT2D eigenvalue weighted by molar-refractivity contribution is 7.80. The van der Waals surface area contributed by atoms with Crippen LogP contribution in [0.25, 0.3) is 0 Å². The van der Waals surface area contributed by atoms with Crippen LogP contribution in [0, 0.1) is 0 Å². The maximum atomic E-state index is 12.4. The number of piperidine rings is 2. The minimum Gasteiger partial charge on any atom is -0.299 e. The quantitative estimate of drug-likeness (QED) is 0.459. The number of hydrogen-bond donors (Lipinski definition) is 2. The van der Waals surface area contributed by atoms with E-state index >= 15 is 0 Å². The zero-order valence-electron chi connectivity index (χ0n) is 18.3. The second kappa shape index (κ2) is 9.59. The predicted molar refractivity (Wildman–Crippen MR) is 134 cm³/mol. The Morgan fingerprint density at radius 2 is 1.82 bits per heavy atom. The van der Waals surface area contributed by atoms with Crippen LogP contribution >= 0.6 is 35.8 Å². The Hall–Kier alpha value is -1.57. The van der Waals surface area contributed by atoms with Crippen molar-refractivity contribution >= 4 is 47.6 Å². The van der Waals surface area contributed by atoms with E-state index in [4.69, 9.17) is 35.8 Å². The van der Waals surface area contributed by atoms with Gasteiger partial charge in [-0.15, -0.1) is 0 Å². The summed E-state index contributed by atoms with van der Waals surface area (Å²) >= 11 is 17.5. The molecule has 0 saturated carbocycles. The average Bonchev–Trinajstić information content (AvgIpc) is 3.12. The number of carbonyl (C=O) groups excluding carboxylic acids is 2. The van der Waals surface area contributed by atoms with Crippen LogP contribution in [0.2, 0.25) is 10.0 Å². The second-order valence-electron chi connectivity index (χ2n) is 9.24. The number of nitrogens with one attached hydrogen (secondary N) is 1. The summed E-state index contributed by atoms with van der Waals surface area (Å²) in [4.78, 5) is 28.5. The predicted octanol–water partition coefficient (Wildman–Crippen LogP) is 4.92. The van der Waals surface area contributed by atoms with Gasteiger partial charge < -0.3 is 0 Å². The van der Waals surface area contributed by atoms with Crippen LogP contribution < -0.4 is 5.32 Å². The van der Waals surface area contributed by atoms with Gasteiger partial charge in [0.05, 0.1) is 21.5 Å². The third-order valence-electron chi connectivity index (χ3n) is 7.18. The van der Waals surface area contributed by atoms with Gasteiger partial charge in [-0.1, -0.05) is 53.5 Å². The maximum Gasteiger partial charge on any atom is 0.243 e. The third kappa shape index (κ3) is 4.69. The van der Waals surface area contributed by atoms with E-state index < -0.39 is 0 Å². The van der Waals surface area contributed by atoms with E-state index in [1.54, 1.807) is 0 Å². The van der Waals surface area contributed by atoms with Gasteiger partial charge in [0.1, 0.15) is 0 Å². The number of imide groups is 1. The molecule has 2 atom stereocenters. The van der Waals surface area contributed by atoms with Crippen molar-refractivity contribution in [2.24, 2.45) is 0 Å². The van der Waals surface area contributed by atoms with Crippen molar-refractivity contribution in [3.05, 3.63) is 68.7 Å². The van der Waals surface area contributed by atoms with Crippen LogP contribution in [-0.2, 0) is 22.7 Å². The van der Waals surface area contributed by atoms with Gasteiger partial charge in [-0.05, 0) is 66.6 Å². The van der Waals surface area contributed by atoms with Gasteiger partial charge in [0, 0.05) is 19.5 Å². The van der Waals surface area contributed by atoms with E-state index in [0.29, 0.717) is 35.3 Å². The first kappa shape index (κ1) is 23.2. The summed E-state index contributed by atoms with van der Waals surface area (Å²) in [6, 6.07) is 12.2. The summed E-state index contributed by atoms with van der Waals surface area (Å²) in [5.41, 5.74) is 4.80. The van der Waals surface area contributed by atoms with E-state index in [1.165, 1.54) is 16.7 Å². The SMILES string of the molecule is O=C1CCC(N2Cc3ccc(CN4CCC(c5cccc(Cl)c5Cl)CC4)cc3C2S)C(=O)N1. The summed E-state index contributed by atoms with van der Waals surface area (Å²) in [5, 5.41) is 3.64. The number of likely N-dealkylation sites (tertiary alicyclic amines) is 1. The first-order chi connectivity index (χ1) is 15.9. The normalized spacial score (nSPS) is 24.7. The zero-order chi connectivity index (χ0) is 23.1. The highest BCUT2D eigenvalue weighted by Gasteiger charge is 2.39. The summed E-state index contributed by atoms with van der Waals surface area (Å²) < 4.78 is 0. The molecule has 0 spiro atoms. The Morgan fingerprint density at radius 3 is 2.58 bits per heavy atom. The molecule has 0 aromatic heterocycles. The molecule has 2 unspecified atom stereocenters. The summed E-state index contributed by atoms with van der Waals surface area (Å²) in [5.74, 6) is 0.0461. The van der Waals surface area contributed by atoms with Crippen LogP contribution in [0.5, 0.6) is 0 Å². The molecule has 8 heteroatoms. The molecule has 0 radical (unpaired) electrons. The van der Waals surface area contributed by atoms with Crippen molar-refractivity contribution < 1.29 is 9.59 Å². The number of thiol groups is 1. The lowest BCUT2D eigenvalue weighted by molar-refractivity contribution is -0.137. The van der Waals surface area contributed by atoms with E-state index in [0.717, 1.165) is 38.0 Å². The van der Waals surface area contributed by atoms with Gasteiger partial charge in [-0.3, -0.25) is 24.7 Å². The first-order valence-electron chi connectivity index (χ1n) is 11.5. The van der Waals surface area contributed by atoms with Crippen LogP contribution in [-0.4, -0.2) is 40.7 Å². The third-order valence-corrected chi connectivity index (χ3v) is 8.59. The Kier molecular flexibility index (Phi) is 6.74. The highest BCUT2D eigenvalue weighted by Crippen LogP contribution is 2.40. The smallest absolute Gasteiger partial charge is 0.243 e. The molecular weight excluding hydrogens is 477 g/mol. The van der Waals surface area contributed by atoms with Gasteiger partial charge in [-0.2, -0.15) is 12.6 Å². The van der Waals surface area contributed by atoms with Gasteiger partial charge in [0.15, 0.2) is 0 Å². The second-order valence-corrected chi connectivity index (χ2v) is 10.5. The molecule has 2 aromatic carbocycles. The number of fused-ring (bicyclic) bond motifs is 1. The number of nitrogens with zero attached hydrogens (tertiary/aromatic N) is 2. The van der Waals surface area contributed by atoms with Crippen molar-refractivity contribution in [2.45, 2.75) is 56.1 Å². The number of carbonyl (C=O) groups is 2. The number of amides is 2. The fourth-order valence-electron chi connectivity index (χ4n) is 5.36. The van der Waals surface area contributed by atoms with Crippen molar-refractivity contribution in [1.82, 2.24) is 15.1 Å². The minimum absolute atomic E-state index is 0.139. The Balaban J connectivity index is 1.22. The van der Waals surface area contributed by atoms with Crippen LogP contribution in [0.1, 0.15) is 59.2 Å². The van der Waals surface area contributed by atoms with Crippen molar-refractivity contribution in [1.29, 1.82) is 0 Å². The molecule has 3 aliphatic heterocycles. The lowest BCUT2D eigenvalue weighted by atomic mass is 9.89. The van der Waals surface area contributed by atoms with Gasteiger partial charge in [0.2, 0.25) is 11.8 Å². The van der Waals surface area contributed by atoms with E-state index in [1.807, 2.05) is 12.1 Å². The molecule has 2 fully saturated rings. The number of benzene rings is 2. The molecule has 2 aromatic rings. The van der Waals surface area contributed by atoms with Crippen LogP contribution in [0.3, 0.4) is 0 Å². The number of hydrogen-bond acceptors (Lipinski definition) is 5. The zero-order valence-corrected chi connectivity index (χ0v) is 20.7. The van der Waals surface area contributed by atoms with Crippen LogP contribution in [0.15, 0.2) is 36.4 Å². The molecule has 5 rings (SSSR count). The van der Waals surface area contributed by atoms with Gasteiger partial charge >= 0.3 is 0 Å². The fourth-order valence-corrected chi connectivity index (χ4v) is 6.31. The van der Waals surface area contributed by atoms with Gasteiger partial charge in [0.25, 0.3) is 0 Å². The maximum absolute atomic E-state index is 12.4. The lowest BCUT2D eigenvalue weighted by Gasteiger charge is -2.33. The molecule has 0 bridgehead atoms. The number of halogens is 2. The largest absolute Gasteiger partial charge is 0.299 e. The summed E-state index contributed by atoms with van der Waals surface area (Å²) in [6.07, 6.45) is 3.05. The van der Waals surface area contributed by atoms with E-state index in [-0.39, 0.29) is 23.2 Å². The topological polar surface area (TPSA) is 52.7 Å². The van der Waals surface area contributed by atoms with E-state index in [9.17, 15) is 9.59 Å². The average molecular weight is 504 g/mol. The molecule has 2 saturated heterocycles. The Bertz CT molecular complexity index is 1090. The minimum atomic E-state index is -0.307. The molecule has 1 N–H and O–H groups in total. The Labute approximate surface area is 209 Å². The molecule has 2 amide bonds. The molecule has 3 heterocycles. The monoisotopic (exact) mass is 503 g/mol. The summed E-state index contributed by atoms with van der Waals surface area (Å²) in [6.45, 7) is 3.60. The van der Waals surface area contributed by atoms with Crippen molar-refractivity contribution in [3.8, 4) is 0 Å². The van der Waals surface area contributed by atoms with E-state index in [2.05, 4.69) is 39.4 Å². The highest BCUT2D eigenvalue weighted by atomic mass is 35.5. The molecule has 33 heavy (non-hydrogen) atoms. The fraction of sp³-hybridized carbons (Fsp3) is 0.440. The van der Waals surface area contributed by atoms with Crippen LogP contribution in [0.4, 0.5) is 0 Å². The number of rotatable bonds is 4. The van der Waals surface area contributed by atoms with Gasteiger partial charge in [-0.25, -0.2) is 0 Å². The molecular formula is C25H27Cl2N3O2S. The molecule has 3 aliphatic rings. The first-order valence-corrected chi connectivity index (χ1v) is 12.7. The summed E-state index contributed by atoms with van der Waals surface area (Å²) in [7, 11) is 0. The molecule has 5 nitrogen and oxygen atoms in total. The molecule has 174 valence electrons. The van der Waals surface area contributed by atoms with Crippen molar-refractivity contribution in [2.75, 3.05) is 13.1 Å². The standard InChI is InChI=1S/C25H27Cl2N3O2S/c26-20-3-1-2-18(23(20)27)16-8-10-29(11-9-16)13-15-4-5-17-14-30(25(33)19(17)12-15)21-6-7-22(31)28-24(21)32/h1-5,12,16,21,25,33H,6-11,13-14H2,(H,28,31,32). The molecule has 0 aliphatic carbocycles. The lowest BCUT2D eigenvalue weighted by Crippen LogP contribution is -2.51.